The number of anilines is 2. The van der Waals surface area contributed by atoms with Gasteiger partial charge in [0.25, 0.3) is 5.91 Å². The second-order valence-electron chi connectivity index (χ2n) is 8.10. The lowest BCUT2D eigenvalue weighted by Gasteiger charge is -2.26. The molecule has 3 aromatic rings. The highest BCUT2D eigenvalue weighted by Gasteiger charge is 2.36. The summed E-state index contributed by atoms with van der Waals surface area (Å²) in [5, 5.41) is 3.99. The van der Waals surface area contributed by atoms with Gasteiger partial charge in [0.15, 0.2) is 5.13 Å². The maximum absolute atomic E-state index is 12.9. The van der Waals surface area contributed by atoms with Crippen LogP contribution in [-0.2, 0) is 22.6 Å². The molecule has 2 aliphatic rings. The Bertz CT molecular complexity index is 1210. The van der Waals surface area contributed by atoms with E-state index in [1.807, 2.05) is 30.3 Å². The number of nitrogens with one attached hydrogen (secondary N) is 1. The van der Waals surface area contributed by atoms with Gasteiger partial charge in [0.2, 0.25) is 11.8 Å². The molecule has 1 atom stereocenters. The Labute approximate surface area is 200 Å². The molecule has 0 radical (unpaired) electrons. The van der Waals surface area contributed by atoms with Crippen LogP contribution in [-0.4, -0.2) is 40.7 Å². The van der Waals surface area contributed by atoms with E-state index in [4.69, 9.17) is 11.6 Å². The summed E-state index contributed by atoms with van der Waals surface area (Å²) in [4.78, 5) is 47.0. The third kappa shape index (κ3) is 4.49. The molecule has 2 aromatic carbocycles. The SMILES string of the molecule is O=C(Nc1nc2c(s1)CN(C(=O)c1ccccc1)CC2)C1CC(=O)N(c2ccc(Cl)cc2)C1. The van der Waals surface area contributed by atoms with Gasteiger partial charge in [-0.2, -0.15) is 0 Å². The van der Waals surface area contributed by atoms with Crippen molar-refractivity contribution in [3.05, 3.63) is 75.8 Å². The average Bonchev–Trinajstić information content (AvgIpc) is 3.42. The number of hydrogen-bond donors (Lipinski definition) is 1. The van der Waals surface area contributed by atoms with Gasteiger partial charge in [-0.1, -0.05) is 41.1 Å². The van der Waals surface area contributed by atoms with Crippen LogP contribution in [0.25, 0.3) is 0 Å². The van der Waals surface area contributed by atoms with Crippen LogP contribution in [0.5, 0.6) is 0 Å². The first-order valence-electron chi connectivity index (χ1n) is 10.7. The first-order valence-corrected chi connectivity index (χ1v) is 11.9. The second kappa shape index (κ2) is 8.96. The molecule has 7 nitrogen and oxygen atoms in total. The predicted octanol–water partition coefficient (Wildman–Crippen LogP) is 3.99. The van der Waals surface area contributed by atoms with E-state index in [9.17, 15) is 14.4 Å². The van der Waals surface area contributed by atoms with Crippen molar-refractivity contribution in [1.29, 1.82) is 0 Å². The predicted molar refractivity (Wildman–Crippen MR) is 128 cm³/mol. The van der Waals surface area contributed by atoms with E-state index in [-0.39, 0.29) is 24.1 Å². The van der Waals surface area contributed by atoms with E-state index < -0.39 is 5.92 Å². The fraction of sp³-hybridized carbons (Fsp3) is 0.250. The molecule has 0 aliphatic carbocycles. The molecule has 1 saturated heterocycles. The van der Waals surface area contributed by atoms with E-state index in [1.165, 1.54) is 11.3 Å². The Kier molecular flexibility index (Phi) is 5.86. The zero-order chi connectivity index (χ0) is 22.9. The Morgan fingerprint density at radius 2 is 1.85 bits per heavy atom. The minimum atomic E-state index is -0.453. The number of thiazole rings is 1. The molecule has 1 fully saturated rings. The first-order chi connectivity index (χ1) is 16.0. The van der Waals surface area contributed by atoms with Crippen molar-refractivity contribution < 1.29 is 14.4 Å². The lowest BCUT2D eigenvalue weighted by Crippen LogP contribution is -2.35. The van der Waals surface area contributed by atoms with Crippen molar-refractivity contribution in [2.75, 3.05) is 23.3 Å². The van der Waals surface area contributed by atoms with Crippen LogP contribution in [0, 0.1) is 5.92 Å². The first kappa shape index (κ1) is 21.6. The van der Waals surface area contributed by atoms with Crippen LogP contribution in [0.3, 0.4) is 0 Å². The number of benzene rings is 2. The Balaban J connectivity index is 1.23. The van der Waals surface area contributed by atoms with Gasteiger partial charge >= 0.3 is 0 Å². The summed E-state index contributed by atoms with van der Waals surface area (Å²) in [5.41, 5.74) is 2.31. The standard InChI is InChI=1S/C24H21ClN4O3S/c25-17-6-8-18(9-7-17)29-13-16(12-21(29)30)22(31)27-24-26-19-10-11-28(14-20(19)33-24)23(32)15-4-2-1-3-5-15/h1-9,16H,10-14H2,(H,26,27,31). The lowest BCUT2D eigenvalue weighted by molar-refractivity contribution is -0.122. The van der Waals surface area contributed by atoms with Crippen molar-refractivity contribution in [2.24, 2.45) is 5.92 Å². The zero-order valence-electron chi connectivity index (χ0n) is 17.7. The Morgan fingerprint density at radius 3 is 2.61 bits per heavy atom. The molecule has 0 spiro atoms. The summed E-state index contributed by atoms with van der Waals surface area (Å²) in [6, 6.07) is 16.2. The average molecular weight is 481 g/mol. The number of halogens is 1. The van der Waals surface area contributed by atoms with E-state index in [1.54, 1.807) is 34.1 Å². The number of carbonyl (C=O) groups excluding carboxylic acids is 3. The molecule has 2 aliphatic heterocycles. The van der Waals surface area contributed by atoms with E-state index in [0.29, 0.717) is 41.8 Å². The van der Waals surface area contributed by atoms with Crippen LogP contribution in [0.2, 0.25) is 5.02 Å². The highest BCUT2D eigenvalue weighted by molar-refractivity contribution is 7.15. The molecule has 3 heterocycles. The summed E-state index contributed by atoms with van der Waals surface area (Å²) < 4.78 is 0. The molecule has 0 bridgehead atoms. The molecular weight excluding hydrogens is 460 g/mol. The maximum Gasteiger partial charge on any atom is 0.254 e. The van der Waals surface area contributed by atoms with Crippen LogP contribution >= 0.6 is 22.9 Å². The van der Waals surface area contributed by atoms with Crippen molar-refractivity contribution in [2.45, 2.75) is 19.4 Å². The largest absolute Gasteiger partial charge is 0.333 e. The minimum absolute atomic E-state index is 0.00741. The van der Waals surface area contributed by atoms with Gasteiger partial charge in [-0.25, -0.2) is 4.98 Å². The summed E-state index contributed by atoms with van der Waals surface area (Å²) in [6.07, 6.45) is 0.797. The van der Waals surface area contributed by atoms with Gasteiger partial charge in [-0.3, -0.25) is 14.4 Å². The summed E-state index contributed by atoms with van der Waals surface area (Å²) in [7, 11) is 0. The van der Waals surface area contributed by atoms with Gasteiger partial charge in [-0.05, 0) is 36.4 Å². The third-order valence-electron chi connectivity index (χ3n) is 5.90. The van der Waals surface area contributed by atoms with Crippen molar-refractivity contribution in [3.63, 3.8) is 0 Å². The van der Waals surface area contributed by atoms with Crippen LogP contribution in [0.4, 0.5) is 10.8 Å². The number of nitrogens with zero attached hydrogens (tertiary/aromatic N) is 3. The zero-order valence-corrected chi connectivity index (χ0v) is 19.2. The van der Waals surface area contributed by atoms with Gasteiger partial charge in [0.05, 0.1) is 18.2 Å². The highest BCUT2D eigenvalue weighted by atomic mass is 35.5. The Hall–Kier alpha value is -3.23. The molecule has 168 valence electrons. The third-order valence-corrected chi connectivity index (χ3v) is 7.15. The molecular formula is C24H21ClN4O3S. The number of fused-ring (bicyclic) bond motifs is 1. The summed E-state index contributed by atoms with van der Waals surface area (Å²) >= 11 is 7.32. The molecule has 1 N–H and O–H groups in total. The van der Waals surface area contributed by atoms with E-state index in [2.05, 4.69) is 10.3 Å². The van der Waals surface area contributed by atoms with Crippen LogP contribution in [0.15, 0.2) is 54.6 Å². The molecule has 3 amide bonds. The number of carbonyl (C=O) groups is 3. The Morgan fingerprint density at radius 1 is 1.09 bits per heavy atom. The minimum Gasteiger partial charge on any atom is -0.333 e. The van der Waals surface area contributed by atoms with Crippen LogP contribution < -0.4 is 10.2 Å². The van der Waals surface area contributed by atoms with E-state index >= 15 is 0 Å². The fourth-order valence-corrected chi connectivity index (χ4v) is 5.30. The van der Waals surface area contributed by atoms with E-state index in [0.717, 1.165) is 16.3 Å². The maximum atomic E-state index is 12.9. The summed E-state index contributed by atoms with van der Waals surface area (Å²) in [6.45, 7) is 1.38. The van der Waals surface area contributed by atoms with Gasteiger partial charge in [0, 0.05) is 47.1 Å². The second-order valence-corrected chi connectivity index (χ2v) is 9.62. The van der Waals surface area contributed by atoms with Crippen LogP contribution in [0.1, 0.15) is 27.3 Å². The smallest absolute Gasteiger partial charge is 0.254 e. The van der Waals surface area contributed by atoms with Gasteiger partial charge in [-0.15, -0.1) is 0 Å². The van der Waals surface area contributed by atoms with Crippen molar-refractivity contribution >= 4 is 51.5 Å². The lowest BCUT2D eigenvalue weighted by atomic mass is 10.1. The highest BCUT2D eigenvalue weighted by Crippen LogP contribution is 2.31. The molecule has 5 rings (SSSR count). The van der Waals surface area contributed by atoms with Gasteiger partial charge < -0.3 is 15.1 Å². The molecule has 0 saturated carbocycles. The molecule has 1 unspecified atom stereocenters. The summed E-state index contributed by atoms with van der Waals surface area (Å²) in [5.74, 6) is -0.772. The van der Waals surface area contributed by atoms with Gasteiger partial charge in [0.1, 0.15) is 0 Å². The fourth-order valence-electron chi connectivity index (χ4n) is 4.15. The molecule has 9 heteroatoms. The number of aromatic nitrogens is 1. The normalized spacial score (nSPS) is 17.7. The topological polar surface area (TPSA) is 82.6 Å². The van der Waals surface area contributed by atoms with Crippen molar-refractivity contribution in [3.8, 4) is 0 Å². The van der Waals surface area contributed by atoms with Crippen molar-refractivity contribution in [1.82, 2.24) is 9.88 Å². The quantitative estimate of drug-likeness (QED) is 0.612. The monoisotopic (exact) mass is 480 g/mol. The number of amides is 3. The number of hydrogen-bond acceptors (Lipinski definition) is 5. The molecule has 33 heavy (non-hydrogen) atoms. The number of rotatable bonds is 4. The molecule has 1 aromatic heterocycles.